The fourth-order valence-electron chi connectivity index (χ4n) is 3.86. The van der Waals surface area contributed by atoms with Gasteiger partial charge in [-0.25, -0.2) is 0 Å². The van der Waals surface area contributed by atoms with E-state index in [1.54, 1.807) is 12.1 Å². The minimum absolute atomic E-state index is 0.00243. The molecule has 3 rings (SSSR count). The van der Waals surface area contributed by atoms with Gasteiger partial charge in [0.2, 0.25) is 0 Å². The number of β-amino-alcohol motifs (C(OH)–C–C–N with tert-alkyl or cyclic N) is 1. The van der Waals surface area contributed by atoms with Crippen molar-refractivity contribution in [2.45, 2.75) is 25.1 Å². The first kappa shape index (κ1) is 25.0. The predicted octanol–water partition coefficient (Wildman–Crippen LogP) is 3.35. The van der Waals surface area contributed by atoms with E-state index in [2.05, 4.69) is 16.3 Å². The molecule has 7 nitrogen and oxygen atoms in total. The van der Waals surface area contributed by atoms with Crippen molar-refractivity contribution in [3.8, 4) is 12.1 Å². The van der Waals surface area contributed by atoms with Crippen LogP contribution in [0.4, 0.5) is 24.5 Å². The third-order valence-corrected chi connectivity index (χ3v) is 5.67. The van der Waals surface area contributed by atoms with Gasteiger partial charge in [0.25, 0.3) is 5.91 Å². The molecule has 0 saturated carbocycles. The fourth-order valence-corrected chi connectivity index (χ4v) is 3.86. The molecule has 1 fully saturated rings. The number of carbonyl (C=O) groups is 1. The van der Waals surface area contributed by atoms with Crippen LogP contribution in [0.5, 0.6) is 0 Å². The normalized spacial score (nSPS) is 16.6. The van der Waals surface area contributed by atoms with Crippen molar-refractivity contribution < 1.29 is 23.1 Å². The van der Waals surface area contributed by atoms with Crippen molar-refractivity contribution in [1.29, 1.82) is 10.5 Å². The average molecular weight is 471 g/mol. The summed E-state index contributed by atoms with van der Waals surface area (Å²) in [4.78, 5) is 16.8. The quantitative estimate of drug-likeness (QED) is 0.693. The van der Waals surface area contributed by atoms with Gasteiger partial charge >= 0.3 is 6.18 Å². The number of nitrogens with one attached hydrogen (secondary N) is 1. The Balaban J connectivity index is 1.63. The van der Waals surface area contributed by atoms with Gasteiger partial charge in [-0.2, -0.15) is 23.7 Å². The van der Waals surface area contributed by atoms with Gasteiger partial charge in [-0.05, 0) is 55.8 Å². The molecule has 1 aliphatic rings. The highest BCUT2D eigenvalue weighted by atomic mass is 19.4. The number of hydrogen-bond donors (Lipinski definition) is 2. The van der Waals surface area contributed by atoms with Crippen LogP contribution in [0.1, 0.15) is 30.0 Å². The molecule has 0 radical (unpaired) electrons. The van der Waals surface area contributed by atoms with Gasteiger partial charge < -0.3 is 15.3 Å². The number of carbonyl (C=O) groups excluding carboxylic acids is 1. The van der Waals surface area contributed by atoms with E-state index in [-0.39, 0.29) is 12.2 Å². The maximum Gasteiger partial charge on any atom is 0.417 e. The summed E-state index contributed by atoms with van der Waals surface area (Å²) in [6, 6.07) is 13.7. The van der Waals surface area contributed by atoms with Crippen LogP contribution in [-0.4, -0.2) is 54.2 Å². The van der Waals surface area contributed by atoms with E-state index < -0.39 is 28.8 Å². The van der Waals surface area contributed by atoms with Crippen LogP contribution in [-0.2, 0) is 11.0 Å². The number of nitrogens with zero attached hydrogens (tertiary/aromatic N) is 4. The second-order valence-electron chi connectivity index (χ2n) is 8.37. The maximum absolute atomic E-state index is 13.2. The Hall–Kier alpha value is -3.60. The Labute approximate surface area is 195 Å². The monoisotopic (exact) mass is 471 g/mol. The van der Waals surface area contributed by atoms with Crippen molar-refractivity contribution in [1.82, 2.24) is 4.90 Å². The highest BCUT2D eigenvalue weighted by Gasteiger charge is 2.36. The van der Waals surface area contributed by atoms with E-state index in [1.807, 2.05) is 17.0 Å². The van der Waals surface area contributed by atoms with Gasteiger partial charge in [-0.15, -0.1) is 0 Å². The summed E-state index contributed by atoms with van der Waals surface area (Å²) in [6.45, 7) is 3.93. The minimum atomic E-state index is -4.75. The lowest BCUT2D eigenvalue weighted by molar-refractivity contribution is -0.138. The van der Waals surface area contributed by atoms with E-state index in [9.17, 15) is 23.1 Å². The van der Waals surface area contributed by atoms with Gasteiger partial charge in [0.15, 0.2) is 5.60 Å². The number of halogens is 3. The van der Waals surface area contributed by atoms with Crippen molar-refractivity contribution in [2.24, 2.45) is 0 Å². The Bertz CT molecular complexity index is 1120. The third-order valence-electron chi connectivity index (χ3n) is 5.67. The second kappa shape index (κ2) is 10.1. The van der Waals surface area contributed by atoms with Gasteiger partial charge in [0.1, 0.15) is 0 Å². The molecule has 1 saturated heterocycles. The molecule has 0 spiro atoms. The molecule has 10 heteroatoms. The Morgan fingerprint density at radius 1 is 1.06 bits per heavy atom. The van der Waals surface area contributed by atoms with Gasteiger partial charge in [0.05, 0.1) is 28.8 Å². The summed E-state index contributed by atoms with van der Waals surface area (Å²) in [6.07, 6.45) is -3.97. The Morgan fingerprint density at radius 2 is 1.76 bits per heavy atom. The van der Waals surface area contributed by atoms with Crippen molar-refractivity contribution in [2.75, 3.05) is 42.9 Å². The number of hydrogen-bond acceptors (Lipinski definition) is 6. The zero-order valence-electron chi connectivity index (χ0n) is 18.6. The first-order valence-corrected chi connectivity index (χ1v) is 10.7. The number of amides is 1. The van der Waals surface area contributed by atoms with Crippen LogP contribution >= 0.6 is 0 Å². The van der Waals surface area contributed by atoms with Gasteiger partial charge in [0, 0.05) is 44.1 Å². The Kier molecular flexibility index (Phi) is 7.45. The molecule has 0 aromatic heterocycles. The molecule has 1 atom stereocenters. The summed E-state index contributed by atoms with van der Waals surface area (Å²) in [5, 5.41) is 31.0. The Morgan fingerprint density at radius 3 is 2.38 bits per heavy atom. The van der Waals surface area contributed by atoms with Gasteiger partial charge in [-0.1, -0.05) is 0 Å². The predicted molar refractivity (Wildman–Crippen MR) is 120 cm³/mol. The maximum atomic E-state index is 13.2. The summed E-state index contributed by atoms with van der Waals surface area (Å²) in [5.74, 6) is -0.835. The molecule has 0 aliphatic carbocycles. The molecule has 1 heterocycles. The highest BCUT2D eigenvalue weighted by molar-refractivity contribution is 5.97. The smallest absolute Gasteiger partial charge is 0.379 e. The molecule has 0 bridgehead atoms. The zero-order chi connectivity index (χ0) is 24.9. The van der Waals surface area contributed by atoms with Crippen LogP contribution in [0.25, 0.3) is 0 Å². The van der Waals surface area contributed by atoms with Crippen molar-refractivity contribution >= 4 is 17.3 Å². The van der Waals surface area contributed by atoms with Crippen molar-refractivity contribution in [3.05, 3.63) is 59.2 Å². The fraction of sp³-hybridized carbons (Fsp3) is 0.375. The molecule has 34 heavy (non-hydrogen) atoms. The molecule has 2 aromatic carbocycles. The first-order chi connectivity index (χ1) is 16.0. The van der Waals surface area contributed by atoms with E-state index in [0.29, 0.717) is 31.3 Å². The number of alkyl halides is 3. The van der Waals surface area contributed by atoms with E-state index in [0.717, 1.165) is 24.7 Å². The lowest BCUT2D eigenvalue weighted by Gasteiger charge is -2.30. The highest BCUT2D eigenvalue weighted by Crippen LogP contribution is 2.33. The SMILES string of the molecule is CC(O)(CN1CCCN(c2ccc(C#N)cc2)CC1)C(=O)Nc1ccc(C#N)c(C(F)(F)F)c1. The van der Waals surface area contributed by atoms with E-state index >= 15 is 0 Å². The first-order valence-electron chi connectivity index (χ1n) is 10.7. The standard InChI is InChI=1S/C24H24F3N5O2/c1-23(34,22(33)30-19-6-5-18(15-29)21(13-19)24(25,26)27)16-31-9-2-10-32(12-11-31)20-7-3-17(14-28)4-8-20/h3-8,13,34H,2,9-12,16H2,1H3,(H,30,33). The molecule has 178 valence electrons. The number of aliphatic hydroxyl groups is 1. The molecule has 2 N–H and O–H groups in total. The summed E-state index contributed by atoms with van der Waals surface area (Å²) in [7, 11) is 0. The number of anilines is 2. The summed E-state index contributed by atoms with van der Waals surface area (Å²) >= 11 is 0. The average Bonchev–Trinajstić information content (AvgIpc) is 3.03. The van der Waals surface area contributed by atoms with Gasteiger partial charge in [-0.3, -0.25) is 9.69 Å². The van der Waals surface area contributed by atoms with E-state index in [4.69, 9.17) is 10.5 Å². The van der Waals surface area contributed by atoms with Crippen LogP contribution in [0, 0.1) is 22.7 Å². The number of nitriles is 2. The molecule has 1 aliphatic heterocycles. The van der Waals surface area contributed by atoms with Crippen LogP contribution in [0.3, 0.4) is 0 Å². The van der Waals surface area contributed by atoms with Crippen LogP contribution in [0.2, 0.25) is 0 Å². The van der Waals surface area contributed by atoms with Crippen molar-refractivity contribution in [3.63, 3.8) is 0 Å². The largest absolute Gasteiger partial charge is 0.417 e. The zero-order valence-corrected chi connectivity index (χ0v) is 18.6. The lowest BCUT2D eigenvalue weighted by Crippen LogP contribution is -2.50. The minimum Gasteiger partial charge on any atom is -0.379 e. The topological polar surface area (TPSA) is 103 Å². The van der Waals surface area contributed by atoms with E-state index in [1.165, 1.54) is 19.1 Å². The lowest BCUT2D eigenvalue weighted by atomic mass is 10.0. The molecular formula is C24H24F3N5O2. The summed E-state index contributed by atoms with van der Waals surface area (Å²) < 4.78 is 39.6. The molecule has 2 aromatic rings. The van der Waals surface area contributed by atoms with Crippen LogP contribution in [0.15, 0.2) is 42.5 Å². The number of benzene rings is 2. The summed E-state index contributed by atoms with van der Waals surface area (Å²) in [5.41, 5.74) is -2.15. The van der Waals surface area contributed by atoms with Crippen LogP contribution < -0.4 is 10.2 Å². The second-order valence-corrected chi connectivity index (χ2v) is 8.37. The third kappa shape index (κ3) is 6.04. The molecule has 1 amide bonds. The molecule has 1 unspecified atom stereocenters. The number of rotatable bonds is 5. The molecular weight excluding hydrogens is 447 g/mol.